The normalized spacial score (nSPS) is 24.4. The molecule has 10 heteroatoms. The summed E-state index contributed by atoms with van der Waals surface area (Å²) in [5.41, 5.74) is 0. The summed E-state index contributed by atoms with van der Waals surface area (Å²) in [7, 11) is 0. The van der Waals surface area contributed by atoms with Crippen LogP contribution in [-0.2, 0) is 14.4 Å². The van der Waals surface area contributed by atoms with Gasteiger partial charge in [-0.05, 0) is 37.0 Å². The number of nitrogens with one attached hydrogen (secondary N) is 1. The van der Waals surface area contributed by atoms with Crippen molar-refractivity contribution in [1.82, 2.24) is 15.0 Å². The number of aromatic nitrogens is 2. The molecule has 3 saturated heterocycles. The Kier molecular flexibility index (Phi) is 6.07. The van der Waals surface area contributed by atoms with Crippen molar-refractivity contribution in [3.8, 4) is 0 Å². The van der Waals surface area contributed by atoms with E-state index in [1.807, 2.05) is 13.8 Å². The molecule has 3 aliphatic rings. The third kappa shape index (κ3) is 4.99. The van der Waals surface area contributed by atoms with Crippen molar-refractivity contribution in [1.29, 1.82) is 0 Å². The average molecular weight is 354 g/mol. The molecular weight excluding hydrogens is 332 g/mol. The number of piperidine rings is 3. The molecule has 3 N–H and O–H groups in total. The van der Waals surface area contributed by atoms with Crippen molar-refractivity contribution in [3.05, 3.63) is 5.89 Å². The van der Waals surface area contributed by atoms with Gasteiger partial charge >= 0.3 is 11.9 Å². The van der Waals surface area contributed by atoms with Crippen LogP contribution in [0.1, 0.15) is 38.5 Å². The Morgan fingerprint density at radius 2 is 1.80 bits per heavy atom. The largest absolute Gasteiger partial charge is 0.473 e. The molecule has 0 radical (unpaired) electrons. The van der Waals surface area contributed by atoms with Crippen LogP contribution in [0.3, 0.4) is 0 Å². The molecule has 4 rings (SSSR count). The zero-order chi connectivity index (χ0) is 18.6. The fourth-order valence-electron chi connectivity index (χ4n) is 2.94. The van der Waals surface area contributed by atoms with Crippen LogP contribution in [0.15, 0.2) is 4.52 Å². The quantitative estimate of drug-likeness (QED) is 0.665. The molecular formula is C15H22N4O6. The number of carbonyl (C=O) groups is 3. The van der Waals surface area contributed by atoms with Gasteiger partial charge in [-0.25, -0.2) is 9.59 Å². The van der Waals surface area contributed by atoms with Gasteiger partial charge in [0.2, 0.25) is 11.8 Å². The highest BCUT2D eigenvalue weighted by Gasteiger charge is 2.38. The van der Waals surface area contributed by atoms with Crippen LogP contribution in [0, 0.1) is 11.8 Å². The van der Waals surface area contributed by atoms with E-state index in [9.17, 15) is 4.79 Å². The van der Waals surface area contributed by atoms with Gasteiger partial charge in [0.1, 0.15) is 0 Å². The summed E-state index contributed by atoms with van der Waals surface area (Å²) < 4.78 is 5.33. The molecule has 3 fully saturated rings. The molecule has 1 atom stereocenters. The Labute approximate surface area is 144 Å². The van der Waals surface area contributed by atoms with Gasteiger partial charge in [0.15, 0.2) is 0 Å². The van der Waals surface area contributed by atoms with E-state index in [1.165, 1.54) is 25.9 Å². The maximum Gasteiger partial charge on any atom is 0.414 e. The molecule has 0 saturated carbocycles. The van der Waals surface area contributed by atoms with Gasteiger partial charge in [0.25, 0.3) is 5.95 Å². The standard InChI is InChI=1S/C13H20N4O2.C2H2O4/c1-8(2)11(18)14-13-15-12(19-16-13)10-7-17-5-3-9(10)4-6-17;3-1(4)2(5)6/h8-10H,3-7H2,1-2H3,(H,14,16,18);(H,3,4)(H,5,6). The highest BCUT2D eigenvalue weighted by atomic mass is 16.5. The molecule has 0 aliphatic carbocycles. The van der Waals surface area contributed by atoms with E-state index in [1.54, 1.807) is 0 Å². The van der Waals surface area contributed by atoms with Gasteiger partial charge in [0, 0.05) is 12.5 Å². The second-order valence-electron chi connectivity index (χ2n) is 6.46. The van der Waals surface area contributed by atoms with E-state index < -0.39 is 11.9 Å². The average Bonchev–Trinajstić information content (AvgIpc) is 3.04. The predicted octanol–water partition coefficient (Wildman–Crippen LogP) is 0.629. The van der Waals surface area contributed by atoms with Crippen LogP contribution in [0.25, 0.3) is 0 Å². The van der Waals surface area contributed by atoms with E-state index in [2.05, 4.69) is 20.4 Å². The maximum atomic E-state index is 11.6. The molecule has 1 aromatic rings. The van der Waals surface area contributed by atoms with Gasteiger partial charge in [-0.2, -0.15) is 4.98 Å². The van der Waals surface area contributed by atoms with E-state index in [0.29, 0.717) is 23.7 Å². The lowest BCUT2D eigenvalue weighted by Crippen LogP contribution is -2.46. The first-order valence-electron chi connectivity index (χ1n) is 8.11. The minimum Gasteiger partial charge on any atom is -0.473 e. The molecule has 2 bridgehead atoms. The van der Waals surface area contributed by atoms with Gasteiger partial charge < -0.3 is 19.6 Å². The Morgan fingerprint density at radius 1 is 1.20 bits per heavy atom. The molecule has 4 heterocycles. The van der Waals surface area contributed by atoms with Crippen LogP contribution in [0.4, 0.5) is 5.95 Å². The smallest absolute Gasteiger partial charge is 0.414 e. The summed E-state index contributed by atoms with van der Waals surface area (Å²) in [5, 5.41) is 21.3. The first-order chi connectivity index (χ1) is 11.8. The highest BCUT2D eigenvalue weighted by molar-refractivity contribution is 6.27. The van der Waals surface area contributed by atoms with E-state index >= 15 is 0 Å². The molecule has 138 valence electrons. The molecule has 0 spiro atoms. The summed E-state index contributed by atoms with van der Waals surface area (Å²) in [6, 6.07) is 0. The lowest BCUT2D eigenvalue weighted by atomic mass is 9.79. The minimum atomic E-state index is -1.82. The monoisotopic (exact) mass is 354 g/mol. The van der Waals surface area contributed by atoms with Crippen molar-refractivity contribution >= 4 is 23.8 Å². The lowest BCUT2D eigenvalue weighted by molar-refractivity contribution is -0.159. The lowest BCUT2D eigenvalue weighted by Gasteiger charge is -2.43. The van der Waals surface area contributed by atoms with Crippen LogP contribution >= 0.6 is 0 Å². The highest BCUT2D eigenvalue weighted by Crippen LogP contribution is 2.38. The summed E-state index contributed by atoms with van der Waals surface area (Å²) in [5.74, 6) is -1.86. The Balaban J connectivity index is 0.000000326. The number of fused-ring (bicyclic) bond motifs is 3. The summed E-state index contributed by atoms with van der Waals surface area (Å²) in [6.07, 6.45) is 2.42. The number of nitrogens with zero attached hydrogens (tertiary/aromatic N) is 3. The number of rotatable bonds is 3. The summed E-state index contributed by atoms with van der Waals surface area (Å²) in [4.78, 5) is 36.6. The second kappa shape index (κ2) is 8.06. The van der Waals surface area contributed by atoms with Crippen LogP contribution < -0.4 is 5.32 Å². The minimum absolute atomic E-state index is 0.0822. The first-order valence-corrected chi connectivity index (χ1v) is 8.11. The van der Waals surface area contributed by atoms with Crippen molar-refractivity contribution in [2.24, 2.45) is 11.8 Å². The summed E-state index contributed by atoms with van der Waals surface area (Å²) >= 11 is 0. The zero-order valence-electron chi connectivity index (χ0n) is 14.1. The number of amides is 1. The summed E-state index contributed by atoms with van der Waals surface area (Å²) in [6.45, 7) is 7.05. The van der Waals surface area contributed by atoms with E-state index in [0.717, 1.165) is 6.54 Å². The number of hydrogen-bond acceptors (Lipinski definition) is 7. The second-order valence-corrected chi connectivity index (χ2v) is 6.46. The van der Waals surface area contributed by atoms with Gasteiger partial charge in [-0.15, -0.1) is 0 Å². The number of hydrogen-bond donors (Lipinski definition) is 3. The number of carbonyl (C=O) groups excluding carboxylic acids is 1. The molecule has 10 nitrogen and oxygen atoms in total. The fourth-order valence-corrected chi connectivity index (χ4v) is 2.94. The molecule has 1 unspecified atom stereocenters. The molecule has 0 aromatic carbocycles. The number of carboxylic acid groups (broad SMARTS) is 2. The van der Waals surface area contributed by atoms with Crippen molar-refractivity contribution < 1.29 is 29.1 Å². The predicted molar refractivity (Wildman–Crippen MR) is 84.9 cm³/mol. The first kappa shape index (κ1) is 18.8. The number of carboxylic acids is 2. The van der Waals surface area contributed by atoms with Crippen LogP contribution in [0.2, 0.25) is 0 Å². The van der Waals surface area contributed by atoms with Crippen LogP contribution in [0.5, 0.6) is 0 Å². The SMILES string of the molecule is CC(C)C(=O)Nc1noc(C2CN3CCC2CC3)n1.O=C(O)C(=O)O. The number of anilines is 1. The number of aliphatic carboxylic acids is 2. The van der Waals surface area contributed by atoms with Crippen LogP contribution in [-0.4, -0.2) is 62.7 Å². The Bertz CT molecular complexity index is 624. The maximum absolute atomic E-state index is 11.6. The van der Waals surface area contributed by atoms with Gasteiger partial charge in [0.05, 0.1) is 5.92 Å². The third-order valence-corrected chi connectivity index (χ3v) is 4.36. The van der Waals surface area contributed by atoms with E-state index in [4.69, 9.17) is 24.3 Å². The molecule has 3 aliphatic heterocycles. The van der Waals surface area contributed by atoms with Gasteiger partial charge in [-0.1, -0.05) is 13.8 Å². The Hall–Kier alpha value is -2.49. The van der Waals surface area contributed by atoms with Crippen molar-refractivity contribution in [3.63, 3.8) is 0 Å². The van der Waals surface area contributed by atoms with E-state index in [-0.39, 0.29) is 11.8 Å². The van der Waals surface area contributed by atoms with Crippen molar-refractivity contribution in [2.45, 2.75) is 32.6 Å². The molecule has 1 aromatic heterocycles. The zero-order valence-corrected chi connectivity index (χ0v) is 14.1. The fraction of sp³-hybridized carbons (Fsp3) is 0.667. The Morgan fingerprint density at radius 3 is 2.24 bits per heavy atom. The topological polar surface area (TPSA) is 146 Å². The molecule has 1 amide bonds. The van der Waals surface area contributed by atoms with Crippen molar-refractivity contribution in [2.75, 3.05) is 25.0 Å². The third-order valence-electron chi connectivity index (χ3n) is 4.36. The van der Waals surface area contributed by atoms with Gasteiger partial charge in [-0.3, -0.25) is 10.1 Å². The molecule has 25 heavy (non-hydrogen) atoms.